The molecule has 0 bridgehead atoms. The van der Waals surface area contributed by atoms with E-state index in [0.29, 0.717) is 67.9 Å². The lowest BCUT2D eigenvalue weighted by Crippen LogP contribution is -2.60. The molecule has 0 radical (unpaired) electrons. The second-order valence-electron chi connectivity index (χ2n) is 22.5. The summed E-state index contributed by atoms with van der Waals surface area (Å²) in [4.78, 5) is 32.3. The number of piperidine rings is 1. The second kappa shape index (κ2) is 22.5. The van der Waals surface area contributed by atoms with Crippen molar-refractivity contribution in [1.82, 2.24) is 29.5 Å². The van der Waals surface area contributed by atoms with Crippen LogP contribution in [0.5, 0.6) is 23.1 Å². The van der Waals surface area contributed by atoms with Gasteiger partial charge in [-0.2, -0.15) is 9.37 Å². The molecule has 1 spiro atoms. The Morgan fingerprint density at radius 2 is 1.68 bits per heavy atom. The Morgan fingerprint density at radius 1 is 0.937 bits per heavy atom. The number of carbonyl (C=O) groups is 1. The maximum atomic E-state index is 15.3. The number of nitrogens with zero attached hydrogens (tertiary/aromatic N) is 6. The lowest BCUT2D eigenvalue weighted by molar-refractivity contribution is -0.0629. The van der Waals surface area contributed by atoms with Crippen LogP contribution < -0.4 is 34.2 Å². The predicted octanol–water partition coefficient (Wildman–Crippen LogP) is 10.0. The first-order valence-electron chi connectivity index (χ1n) is 27.0. The monoisotopic (exact) mass is 1110 g/mol. The zero-order valence-electron chi connectivity index (χ0n) is 45.5. The Balaban J connectivity index is 0.858. The lowest BCUT2D eigenvalue weighted by Gasteiger charge is -2.58. The lowest BCUT2D eigenvalue weighted by atomic mass is 9.59. The number of carbonyl (C=O) groups excluding carboxylic acids is 1. The van der Waals surface area contributed by atoms with Gasteiger partial charge in [-0.1, -0.05) is 44.2 Å². The smallest absolute Gasteiger partial charge is 0.268 e. The molecule has 2 saturated carbocycles. The number of pyridine rings is 2. The molecule has 3 aromatic heterocycles. The first-order chi connectivity index (χ1) is 37.7. The minimum absolute atomic E-state index is 0.0135. The van der Waals surface area contributed by atoms with Crippen molar-refractivity contribution in [2.75, 3.05) is 75.8 Å². The van der Waals surface area contributed by atoms with Gasteiger partial charge in [0.2, 0.25) is 5.82 Å². The zero-order chi connectivity index (χ0) is 56.0. The molecule has 4 N–H and O–H groups in total. The van der Waals surface area contributed by atoms with Crippen molar-refractivity contribution in [3.63, 3.8) is 0 Å². The number of aliphatic hydroxyl groups is 1. The van der Waals surface area contributed by atoms with E-state index in [2.05, 4.69) is 77.8 Å². The van der Waals surface area contributed by atoms with Gasteiger partial charge in [0.25, 0.3) is 21.8 Å². The summed E-state index contributed by atoms with van der Waals surface area (Å²) in [5.74, 6) is -3.01. The summed E-state index contributed by atoms with van der Waals surface area (Å²) in [5, 5.41) is 27.0. The highest BCUT2D eigenvalue weighted by atomic mass is 32.2. The number of H-pyrrole nitrogens is 1. The van der Waals surface area contributed by atoms with E-state index in [1.54, 1.807) is 18.2 Å². The Hall–Kier alpha value is -6.65. The fourth-order valence-corrected chi connectivity index (χ4v) is 13.1. The maximum absolute atomic E-state index is 15.3. The molecule has 5 heterocycles. The van der Waals surface area contributed by atoms with E-state index < -0.39 is 43.9 Å². The summed E-state index contributed by atoms with van der Waals surface area (Å²) in [6.45, 7) is 10.4. The third-order valence-corrected chi connectivity index (χ3v) is 18.1. The number of ether oxygens (including phenoxy) is 3. The van der Waals surface area contributed by atoms with Crippen LogP contribution in [0, 0.1) is 34.0 Å². The molecule has 10 rings (SSSR count). The van der Waals surface area contributed by atoms with E-state index in [0.717, 1.165) is 63.5 Å². The first-order valence-corrected chi connectivity index (χ1v) is 28.5. The average molecular weight is 1110 g/mol. The zero-order valence-corrected chi connectivity index (χ0v) is 46.3. The Labute approximate surface area is 459 Å². The van der Waals surface area contributed by atoms with Gasteiger partial charge < -0.3 is 44.8 Å². The molecular weight excluding hydrogens is 1040 g/mol. The summed E-state index contributed by atoms with van der Waals surface area (Å²) in [7, 11) is -0.717. The topological polar surface area (TPSA) is 201 Å². The van der Waals surface area contributed by atoms with Crippen LogP contribution >= 0.6 is 0 Å². The number of hydrogen-bond acceptors (Lipinski definition) is 15. The molecule has 2 aliphatic carbocycles. The number of halogens is 3. The van der Waals surface area contributed by atoms with E-state index in [1.165, 1.54) is 50.6 Å². The van der Waals surface area contributed by atoms with Crippen LogP contribution in [0.4, 0.5) is 30.4 Å². The van der Waals surface area contributed by atoms with Crippen LogP contribution in [-0.4, -0.2) is 116 Å². The number of anilines is 3. The molecule has 3 aromatic carbocycles. The van der Waals surface area contributed by atoms with Crippen molar-refractivity contribution < 1.29 is 45.7 Å². The molecule has 0 unspecified atom stereocenters. The van der Waals surface area contributed by atoms with Crippen LogP contribution in [0.2, 0.25) is 0 Å². The summed E-state index contributed by atoms with van der Waals surface area (Å²) in [5.41, 5.74) is 2.91. The van der Waals surface area contributed by atoms with Gasteiger partial charge in [0, 0.05) is 93.7 Å². The minimum Gasteiger partial charge on any atom is -0.758 e. The normalized spacial score (nSPS) is 21.0. The van der Waals surface area contributed by atoms with Crippen LogP contribution in [-0.2, 0) is 16.6 Å². The Bertz CT molecular complexity index is 3320. The molecule has 422 valence electrons. The SMILES string of the molecule is COc1ccc(CN2CCN(C3CC4(CCN(c5ccc(C(=O)NS(=O)(=O)c6cnc(NCC7CCC(C)(O)CC7)c(N(C)[O-])c6)c(Oc6cc7c(F)c[nH]c7nc6OC)c5)CC4)C3)[C@H](c3ccccc3C(C)C)C2)c(F)c1F. The van der Waals surface area contributed by atoms with E-state index >= 15 is 4.39 Å². The van der Waals surface area contributed by atoms with Gasteiger partial charge in [0.05, 0.1) is 36.5 Å². The van der Waals surface area contributed by atoms with E-state index in [9.17, 15) is 32.3 Å². The third kappa shape index (κ3) is 11.7. The fraction of sp³-hybridized carbons (Fsp3) is 0.466. The molecule has 2 aliphatic heterocycles. The first kappa shape index (κ1) is 55.7. The minimum atomic E-state index is -4.63. The number of piperazine rings is 1. The molecule has 6 aromatic rings. The Morgan fingerprint density at radius 3 is 2.39 bits per heavy atom. The van der Waals surface area contributed by atoms with Gasteiger partial charge in [-0.25, -0.2) is 26.9 Å². The number of amides is 1. The van der Waals surface area contributed by atoms with Gasteiger partial charge in [0.1, 0.15) is 27.9 Å². The van der Waals surface area contributed by atoms with Crippen LogP contribution in [0.1, 0.15) is 111 Å². The molecule has 4 aliphatic rings. The number of hydroxylamine groups is 1. The molecule has 17 nitrogen and oxygen atoms in total. The number of aromatic nitrogens is 3. The summed E-state index contributed by atoms with van der Waals surface area (Å²) < 4.78 is 92.1. The number of rotatable bonds is 17. The van der Waals surface area contributed by atoms with Crippen molar-refractivity contribution in [2.45, 2.75) is 107 Å². The largest absolute Gasteiger partial charge is 0.758 e. The predicted molar refractivity (Wildman–Crippen MR) is 296 cm³/mol. The maximum Gasteiger partial charge on any atom is 0.268 e. The van der Waals surface area contributed by atoms with Gasteiger partial charge in [-0.05, 0) is 118 Å². The summed E-state index contributed by atoms with van der Waals surface area (Å²) >= 11 is 0. The number of hydrogen-bond donors (Lipinski definition) is 4. The summed E-state index contributed by atoms with van der Waals surface area (Å²) in [6.07, 6.45) is 8.84. The highest BCUT2D eigenvalue weighted by molar-refractivity contribution is 7.90. The van der Waals surface area contributed by atoms with Crippen molar-refractivity contribution in [3.8, 4) is 23.1 Å². The molecule has 4 fully saturated rings. The average Bonchev–Trinajstić information content (AvgIpc) is 3.82. The molecule has 21 heteroatoms. The highest BCUT2D eigenvalue weighted by Crippen LogP contribution is 2.54. The molecule has 1 atom stereocenters. The van der Waals surface area contributed by atoms with Crippen molar-refractivity contribution in [3.05, 3.63) is 124 Å². The summed E-state index contributed by atoms with van der Waals surface area (Å²) in [6, 6.07) is 19.4. The van der Waals surface area contributed by atoms with Crippen LogP contribution in [0.25, 0.3) is 11.0 Å². The molecule has 1 amide bonds. The standard InChI is InChI=1S/C58H69F3N9O8S/c1-35(2)41-9-7-8-10-42(41)47-34-68(33-37-11-14-48(76-5)52(61)51(37)60)23-24-70(47)39-28-58(29-39)19-21-69(22-20-58)38-12-13-43(49(25-38)78-50-27-44-45(59)32-64-53(44)65-56(50)77-6)55(71)66-79(74,75)40-26-46(67(4)73)54(63-31-40)62-30-36-15-17-57(3,72)18-16-36/h7-14,25-27,31-32,35-36,39,47,72H,15-24,28-30,33-34H2,1-6H3,(H,62,63)(H,64,65)(H,66,71)/q-1/t36?,47-,57?/m0/s1. The fourth-order valence-electron chi connectivity index (χ4n) is 12.2. The molecule has 79 heavy (non-hydrogen) atoms. The number of benzene rings is 3. The number of fused-ring (bicyclic) bond motifs is 1. The number of sulfonamides is 1. The van der Waals surface area contributed by atoms with Gasteiger partial charge in [-0.15, -0.1) is 0 Å². The van der Waals surface area contributed by atoms with Crippen molar-refractivity contribution in [1.29, 1.82) is 0 Å². The molecule has 2 saturated heterocycles. The number of nitrogens with one attached hydrogen (secondary N) is 3. The van der Waals surface area contributed by atoms with Gasteiger partial charge >= 0.3 is 0 Å². The van der Waals surface area contributed by atoms with Crippen molar-refractivity contribution >= 4 is 44.2 Å². The van der Waals surface area contributed by atoms with E-state index in [1.807, 2.05) is 6.92 Å². The quantitative estimate of drug-likeness (QED) is 0.0629. The van der Waals surface area contributed by atoms with Crippen LogP contribution in [0.3, 0.4) is 0 Å². The third-order valence-electron chi connectivity index (χ3n) is 16.8. The number of methoxy groups -OCH3 is 2. The number of aromatic amines is 1. The van der Waals surface area contributed by atoms with Crippen molar-refractivity contribution in [2.24, 2.45) is 11.3 Å². The molecular formula is C58H69F3N9O8S-. The Kier molecular flexibility index (Phi) is 15.8. The van der Waals surface area contributed by atoms with Crippen LogP contribution in [0.15, 0.2) is 84.0 Å². The van der Waals surface area contributed by atoms with E-state index in [4.69, 9.17) is 14.2 Å². The van der Waals surface area contributed by atoms with E-state index in [-0.39, 0.29) is 81.1 Å². The van der Waals surface area contributed by atoms with Gasteiger partial charge in [0.15, 0.2) is 17.3 Å². The second-order valence-corrected chi connectivity index (χ2v) is 24.2. The highest BCUT2D eigenvalue weighted by Gasteiger charge is 2.50. The van der Waals surface area contributed by atoms with Gasteiger partial charge in [-0.3, -0.25) is 14.6 Å².